The van der Waals surface area contributed by atoms with Gasteiger partial charge in [0, 0.05) is 17.2 Å². The summed E-state index contributed by atoms with van der Waals surface area (Å²) in [6.45, 7) is 0. The van der Waals surface area contributed by atoms with Crippen molar-refractivity contribution in [2.75, 3.05) is 0 Å². The Bertz CT molecular complexity index is 2060. The molecular weight excluding hydrogens is 424 g/mol. The van der Waals surface area contributed by atoms with Crippen molar-refractivity contribution in [3.63, 3.8) is 0 Å². The second-order valence-electron chi connectivity index (χ2n) is 9.93. The van der Waals surface area contributed by atoms with Crippen LogP contribution < -0.4 is 0 Å². The van der Waals surface area contributed by atoms with E-state index in [9.17, 15) is 0 Å². The summed E-state index contributed by atoms with van der Waals surface area (Å²) in [5, 5.41) is 3.75. The van der Waals surface area contributed by atoms with Crippen molar-refractivity contribution in [2.45, 2.75) is 12.8 Å². The quantitative estimate of drug-likeness (QED) is 0.217. The van der Waals surface area contributed by atoms with Gasteiger partial charge in [0.05, 0.1) is 16.6 Å². The molecule has 0 amide bonds. The Morgan fingerprint density at radius 3 is 2.23 bits per heavy atom. The van der Waals surface area contributed by atoms with Crippen LogP contribution in [-0.4, -0.2) is 9.38 Å². The highest BCUT2D eigenvalue weighted by molar-refractivity contribution is 6.14. The molecule has 9 rings (SSSR count). The number of aromatic nitrogens is 2. The first-order chi connectivity index (χ1) is 17.4. The number of rotatable bonds is 0. The molecule has 0 atom stereocenters. The molecule has 2 heteroatoms. The zero-order valence-corrected chi connectivity index (χ0v) is 19.0. The molecule has 0 N–H and O–H groups in total. The summed E-state index contributed by atoms with van der Waals surface area (Å²) in [6, 6.07) is 35.6. The van der Waals surface area contributed by atoms with E-state index in [-0.39, 0.29) is 0 Å². The van der Waals surface area contributed by atoms with Crippen molar-refractivity contribution in [3.05, 3.63) is 119 Å². The Kier molecular flexibility index (Phi) is 3.16. The average molecular weight is 445 g/mol. The third-order valence-electron chi connectivity index (χ3n) is 8.24. The van der Waals surface area contributed by atoms with E-state index in [4.69, 9.17) is 4.98 Å². The molecule has 0 saturated carbocycles. The van der Waals surface area contributed by atoms with Gasteiger partial charge in [0.1, 0.15) is 5.65 Å². The van der Waals surface area contributed by atoms with Crippen LogP contribution in [0, 0.1) is 0 Å². The maximum Gasteiger partial charge on any atom is 0.146 e. The molecule has 2 heterocycles. The first kappa shape index (κ1) is 18.0. The van der Waals surface area contributed by atoms with Crippen LogP contribution in [0.15, 0.2) is 97.1 Å². The second kappa shape index (κ2) is 6.17. The average Bonchev–Trinajstić information content (AvgIpc) is 3.59. The highest BCUT2D eigenvalue weighted by Crippen LogP contribution is 2.49. The van der Waals surface area contributed by atoms with Crippen LogP contribution in [0.5, 0.6) is 0 Å². The largest absolute Gasteiger partial charge is 0.291 e. The van der Waals surface area contributed by atoms with Crippen molar-refractivity contribution in [3.8, 4) is 22.3 Å². The third-order valence-corrected chi connectivity index (χ3v) is 8.24. The lowest BCUT2D eigenvalue weighted by Crippen LogP contribution is -1.93. The number of hydrogen-bond acceptors (Lipinski definition) is 1. The molecule has 5 aromatic carbocycles. The predicted molar refractivity (Wildman–Crippen MR) is 144 cm³/mol. The van der Waals surface area contributed by atoms with Crippen molar-refractivity contribution in [1.82, 2.24) is 9.38 Å². The van der Waals surface area contributed by atoms with Gasteiger partial charge >= 0.3 is 0 Å². The van der Waals surface area contributed by atoms with E-state index in [1.165, 1.54) is 71.7 Å². The van der Waals surface area contributed by atoms with Crippen molar-refractivity contribution >= 4 is 38.4 Å². The fourth-order valence-electron chi connectivity index (χ4n) is 6.80. The highest BCUT2D eigenvalue weighted by Gasteiger charge is 2.30. The molecule has 2 aromatic heterocycles. The summed E-state index contributed by atoms with van der Waals surface area (Å²) in [4.78, 5) is 5.20. The maximum atomic E-state index is 5.20. The van der Waals surface area contributed by atoms with Crippen molar-refractivity contribution in [2.24, 2.45) is 0 Å². The molecule has 2 aliphatic carbocycles. The number of pyridine rings is 1. The van der Waals surface area contributed by atoms with Crippen LogP contribution in [0.3, 0.4) is 0 Å². The fraction of sp³-hybridized carbons (Fsp3) is 0.0606. The Labute approximate surface area is 202 Å². The van der Waals surface area contributed by atoms with Gasteiger partial charge in [-0.15, -0.1) is 0 Å². The van der Waals surface area contributed by atoms with Gasteiger partial charge in [-0.2, -0.15) is 0 Å². The summed E-state index contributed by atoms with van der Waals surface area (Å²) in [6.07, 6.45) is 1.98. The Balaban J connectivity index is 1.42. The zero-order chi connectivity index (χ0) is 22.7. The molecule has 7 aromatic rings. The molecule has 0 bridgehead atoms. The molecule has 2 aliphatic rings. The number of hydrogen-bond donors (Lipinski definition) is 0. The monoisotopic (exact) mass is 444 g/mol. The number of para-hydroxylation sites is 1. The molecule has 2 nitrogen and oxygen atoms in total. The lowest BCUT2D eigenvalue weighted by molar-refractivity contribution is 1.22. The maximum absolute atomic E-state index is 5.20. The Morgan fingerprint density at radius 1 is 0.543 bits per heavy atom. The van der Waals surface area contributed by atoms with Crippen LogP contribution in [0.4, 0.5) is 0 Å². The van der Waals surface area contributed by atoms with Gasteiger partial charge in [0.2, 0.25) is 0 Å². The first-order valence-corrected chi connectivity index (χ1v) is 12.3. The molecule has 162 valence electrons. The van der Waals surface area contributed by atoms with Crippen LogP contribution in [0.25, 0.3) is 60.6 Å². The SMILES string of the molecule is c1ccc2c(c1)Cc1c-2ccc2c1-c1ccc3nc4c5ccccc5c5ccccc5n4c3c1C2. The van der Waals surface area contributed by atoms with Gasteiger partial charge < -0.3 is 0 Å². The number of nitrogens with zero attached hydrogens (tertiary/aromatic N) is 2. The van der Waals surface area contributed by atoms with Gasteiger partial charge in [0.15, 0.2) is 0 Å². The standard InChI is InChI=1S/C33H20N2/c1-2-8-21-19(7-1)17-27-23(21)14-13-20-18-28-25(31(20)27)15-16-29-32(28)35-30-12-6-5-10-24(30)22-9-3-4-11-26(22)33(35)34-29/h1-16H,17-18H2. The highest BCUT2D eigenvalue weighted by atomic mass is 15.0. The number of benzene rings is 5. The Hall–Kier alpha value is -4.43. The molecule has 35 heavy (non-hydrogen) atoms. The molecule has 0 aliphatic heterocycles. The van der Waals surface area contributed by atoms with Crippen LogP contribution in [0.2, 0.25) is 0 Å². The number of imidazole rings is 1. The summed E-state index contributed by atoms with van der Waals surface area (Å²) < 4.78 is 2.42. The van der Waals surface area contributed by atoms with E-state index in [0.717, 1.165) is 24.0 Å². The van der Waals surface area contributed by atoms with E-state index in [1.54, 1.807) is 0 Å². The van der Waals surface area contributed by atoms with Crippen LogP contribution in [0.1, 0.15) is 22.3 Å². The normalized spacial score (nSPS) is 13.5. The lowest BCUT2D eigenvalue weighted by Gasteiger charge is -2.11. The molecule has 0 fully saturated rings. The van der Waals surface area contributed by atoms with Gasteiger partial charge in [-0.05, 0) is 68.4 Å². The summed E-state index contributed by atoms with van der Waals surface area (Å²) in [5.41, 5.74) is 16.1. The van der Waals surface area contributed by atoms with Crippen LogP contribution in [-0.2, 0) is 12.8 Å². The third kappa shape index (κ3) is 2.14. The van der Waals surface area contributed by atoms with E-state index >= 15 is 0 Å². The minimum Gasteiger partial charge on any atom is -0.291 e. The molecular formula is C33H20N2. The molecule has 0 radical (unpaired) electrons. The van der Waals surface area contributed by atoms with Gasteiger partial charge in [-0.1, -0.05) is 84.9 Å². The Morgan fingerprint density at radius 2 is 1.29 bits per heavy atom. The minimum absolute atomic E-state index is 0.959. The van der Waals surface area contributed by atoms with Crippen molar-refractivity contribution in [1.29, 1.82) is 0 Å². The van der Waals surface area contributed by atoms with E-state index < -0.39 is 0 Å². The van der Waals surface area contributed by atoms with Crippen LogP contribution >= 0.6 is 0 Å². The smallest absolute Gasteiger partial charge is 0.146 e. The predicted octanol–water partition coefficient (Wildman–Crippen LogP) is 7.94. The second-order valence-corrected chi connectivity index (χ2v) is 9.93. The lowest BCUT2D eigenvalue weighted by atomic mass is 9.95. The van der Waals surface area contributed by atoms with E-state index in [1.807, 2.05) is 0 Å². The minimum atomic E-state index is 0.959. The number of fused-ring (bicyclic) bond motifs is 16. The summed E-state index contributed by atoms with van der Waals surface area (Å²) in [7, 11) is 0. The fourth-order valence-corrected chi connectivity index (χ4v) is 6.80. The summed E-state index contributed by atoms with van der Waals surface area (Å²) in [5.74, 6) is 0. The van der Waals surface area contributed by atoms with Crippen molar-refractivity contribution < 1.29 is 0 Å². The van der Waals surface area contributed by atoms with E-state index in [2.05, 4.69) is 101 Å². The summed E-state index contributed by atoms with van der Waals surface area (Å²) >= 11 is 0. The van der Waals surface area contributed by atoms with Gasteiger partial charge in [-0.25, -0.2) is 4.98 Å². The first-order valence-electron chi connectivity index (χ1n) is 12.3. The topological polar surface area (TPSA) is 17.3 Å². The molecule has 0 saturated heterocycles. The zero-order valence-electron chi connectivity index (χ0n) is 19.0. The van der Waals surface area contributed by atoms with Gasteiger partial charge in [-0.3, -0.25) is 4.40 Å². The molecule has 0 unspecified atom stereocenters. The van der Waals surface area contributed by atoms with Gasteiger partial charge in [0.25, 0.3) is 0 Å². The molecule has 0 spiro atoms. The van der Waals surface area contributed by atoms with E-state index in [0.29, 0.717) is 0 Å².